The number of carbonyl (C=O) groups excluding carboxylic acids is 1. The molecule has 1 N–H and O–H groups in total. The van der Waals surface area contributed by atoms with Gasteiger partial charge in [0.1, 0.15) is 4.88 Å². The Morgan fingerprint density at radius 3 is 2.60 bits per heavy atom. The van der Waals surface area contributed by atoms with Gasteiger partial charge in [-0.25, -0.2) is 4.99 Å². The first-order valence-electron chi connectivity index (χ1n) is 7.45. The maximum absolute atomic E-state index is 12.4. The Labute approximate surface area is 150 Å². The maximum atomic E-state index is 12.4. The van der Waals surface area contributed by atoms with Gasteiger partial charge in [-0.3, -0.25) is 14.2 Å². The number of amides is 1. The highest BCUT2D eigenvalue weighted by atomic mass is 35.5. The summed E-state index contributed by atoms with van der Waals surface area (Å²) >= 11 is 6.96. The fourth-order valence-electron chi connectivity index (χ4n) is 2.78. The molecule has 0 spiro atoms. The van der Waals surface area contributed by atoms with Crippen molar-refractivity contribution in [1.82, 2.24) is 4.57 Å². The first kappa shape index (κ1) is 15.8. The van der Waals surface area contributed by atoms with Crippen LogP contribution in [0.3, 0.4) is 0 Å². The van der Waals surface area contributed by atoms with E-state index in [0.717, 1.165) is 11.3 Å². The molecule has 1 amide bonds. The molecule has 25 heavy (non-hydrogen) atoms. The third kappa shape index (κ3) is 2.59. The predicted octanol–water partition coefficient (Wildman–Crippen LogP) is 1.68. The van der Waals surface area contributed by atoms with Crippen LogP contribution < -0.4 is 15.4 Å². The number of rotatable bonds is 3. The number of hydrogen-bond acceptors (Lipinski definition) is 4. The highest BCUT2D eigenvalue weighted by molar-refractivity contribution is 7.11. The molecule has 3 aromatic rings. The summed E-state index contributed by atoms with van der Waals surface area (Å²) in [6.07, 6.45) is 0. The minimum absolute atomic E-state index is 0.126. The first-order chi connectivity index (χ1) is 12.1. The van der Waals surface area contributed by atoms with Crippen molar-refractivity contribution < 1.29 is 9.90 Å². The van der Waals surface area contributed by atoms with E-state index in [1.807, 2.05) is 0 Å². The molecule has 5 nitrogen and oxygen atoms in total. The Morgan fingerprint density at radius 2 is 1.80 bits per heavy atom. The van der Waals surface area contributed by atoms with Crippen molar-refractivity contribution in [2.24, 2.45) is 4.99 Å². The molecule has 0 bridgehead atoms. The number of halogens is 1. The number of carbonyl (C=O) groups is 1. The van der Waals surface area contributed by atoms with Crippen LogP contribution >= 0.6 is 22.9 Å². The van der Waals surface area contributed by atoms with Crippen molar-refractivity contribution in [2.75, 3.05) is 0 Å². The molecular weight excluding hydrogens is 360 g/mol. The van der Waals surface area contributed by atoms with Crippen molar-refractivity contribution in [2.45, 2.75) is 6.54 Å². The molecule has 1 aliphatic rings. The lowest BCUT2D eigenvalue weighted by atomic mass is 10.1. The van der Waals surface area contributed by atoms with Crippen LogP contribution in [-0.4, -0.2) is 15.6 Å². The summed E-state index contributed by atoms with van der Waals surface area (Å²) in [7, 11) is 0. The van der Waals surface area contributed by atoms with Gasteiger partial charge in [-0.2, -0.15) is 0 Å². The van der Waals surface area contributed by atoms with Crippen LogP contribution in [0.5, 0.6) is 5.88 Å². The third-order valence-corrected chi connectivity index (χ3v) is 5.35. The van der Waals surface area contributed by atoms with Crippen LogP contribution in [0, 0.1) is 0 Å². The molecule has 0 fully saturated rings. The van der Waals surface area contributed by atoms with Crippen molar-refractivity contribution in [3.8, 4) is 5.88 Å². The van der Waals surface area contributed by atoms with E-state index in [4.69, 9.17) is 11.6 Å². The molecule has 0 saturated heterocycles. The van der Waals surface area contributed by atoms with Gasteiger partial charge in [0.2, 0.25) is 5.88 Å². The zero-order valence-electron chi connectivity index (χ0n) is 12.8. The Morgan fingerprint density at radius 1 is 1.08 bits per heavy atom. The van der Waals surface area contributed by atoms with E-state index in [0.29, 0.717) is 21.2 Å². The second-order valence-electron chi connectivity index (χ2n) is 5.51. The summed E-state index contributed by atoms with van der Waals surface area (Å²) in [5, 5.41) is 12.2. The van der Waals surface area contributed by atoms with E-state index in [1.165, 1.54) is 4.57 Å². The van der Waals surface area contributed by atoms with Crippen molar-refractivity contribution in [3.05, 3.63) is 84.2 Å². The third-order valence-electron chi connectivity index (χ3n) is 3.99. The van der Waals surface area contributed by atoms with Crippen molar-refractivity contribution in [1.29, 1.82) is 0 Å². The van der Waals surface area contributed by atoms with E-state index in [1.54, 1.807) is 48.5 Å². The summed E-state index contributed by atoms with van der Waals surface area (Å²) in [4.78, 5) is 28.5. The monoisotopic (exact) mass is 370 g/mol. The van der Waals surface area contributed by atoms with Crippen LogP contribution in [0.4, 0.5) is 0 Å². The first-order valence-corrected chi connectivity index (χ1v) is 8.64. The van der Waals surface area contributed by atoms with Crippen LogP contribution in [0.25, 0.3) is 5.57 Å². The van der Waals surface area contributed by atoms with Crippen molar-refractivity contribution >= 4 is 34.4 Å². The highest BCUT2D eigenvalue weighted by Crippen LogP contribution is 2.29. The summed E-state index contributed by atoms with van der Waals surface area (Å²) in [6, 6.07) is 14.1. The standard InChI is InChI=1S/C18H11ClN2O3S/c19-12-7-3-1-5-10(12)9-21-17(23)15(25-18(21)24)14-11-6-2-4-8-13(11)20-16(14)22/h1-8,23H,9H2. The molecule has 2 aromatic carbocycles. The Balaban J connectivity index is 1.88. The second kappa shape index (κ2) is 5.98. The minimum Gasteiger partial charge on any atom is -0.493 e. The summed E-state index contributed by atoms with van der Waals surface area (Å²) in [6.45, 7) is 0.126. The summed E-state index contributed by atoms with van der Waals surface area (Å²) in [5.74, 6) is -0.701. The molecule has 7 heteroatoms. The normalized spacial score (nSPS) is 13.0. The lowest BCUT2D eigenvalue weighted by Crippen LogP contribution is -2.22. The van der Waals surface area contributed by atoms with Crippen LogP contribution in [0.2, 0.25) is 5.02 Å². The number of thiazole rings is 1. The maximum Gasteiger partial charge on any atom is 0.310 e. The second-order valence-corrected chi connectivity index (χ2v) is 6.88. The van der Waals surface area contributed by atoms with Gasteiger partial charge < -0.3 is 5.11 Å². The number of nitrogens with zero attached hydrogens (tertiary/aromatic N) is 2. The quantitative estimate of drug-likeness (QED) is 0.762. The molecular formula is C18H11ClN2O3S. The lowest BCUT2D eigenvalue weighted by molar-refractivity contribution is -0.112. The number of aromatic hydroxyl groups is 1. The van der Waals surface area contributed by atoms with Crippen LogP contribution in [0.1, 0.15) is 10.4 Å². The fraction of sp³-hybridized carbons (Fsp3) is 0.0556. The molecule has 0 radical (unpaired) electrons. The lowest BCUT2D eigenvalue weighted by Gasteiger charge is -2.06. The zero-order valence-corrected chi connectivity index (χ0v) is 14.3. The van der Waals surface area contributed by atoms with E-state index >= 15 is 0 Å². The Bertz CT molecular complexity index is 1190. The highest BCUT2D eigenvalue weighted by Gasteiger charge is 2.26. The van der Waals surface area contributed by atoms with Crippen LogP contribution in [0.15, 0.2) is 58.3 Å². The largest absolute Gasteiger partial charge is 0.493 e. The number of para-hydroxylation sites is 1. The molecule has 2 heterocycles. The van der Waals surface area contributed by atoms with Gasteiger partial charge in [0.25, 0.3) is 5.91 Å². The van der Waals surface area contributed by atoms with Gasteiger partial charge in [-0.05, 0) is 17.7 Å². The van der Waals surface area contributed by atoms with Gasteiger partial charge in [-0.1, -0.05) is 59.3 Å². The predicted molar refractivity (Wildman–Crippen MR) is 95.5 cm³/mol. The number of fused-ring (bicyclic) bond motifs is 1. The van der Waals surface area contributed by atoms with Gasteiger partial charge in [0, 0.05) is 10.2 Å². The Hall–Kier alpha value is -2.70. The van der Waals surface area contributed by atoms with Gasteiger partial charge in [-0.15, -0.1) is 0 Å². The molecule has 0 saturated carbocycles. The summed E-state index contributed by atoms with van der Waals surface area (Å²) in [5.41, 5.74) is 0.965. The molecule has 0 aliphatic carbocycles. The SMILES string of the molecule is O=C1N=c2ccccc2=C1c1sc(=O)n(Cc2ccccc2Cl)c1O. The molecule has 0 atom stereocenters. The number of aromatic nitrogens is 1. The minimum atomic E-state index is -0.456. The average Bonchev–Trinajstić information content (AvgIpc) is 3.06. The zero-order chi connectivity index (χ0) is 17.6. The van der Waals surface area contributed by atoms with Gasteiger partial charge in [0.05, 0.1) is 17.5 Å². The van der Waals surface area contributed by atoms with Gasteiger partial charge >= 0.3 is 4.87 Å². The van der Waals surface area contributed by atoms with Crippen LogP contribution in [-0.2, 0) is 11.3 Å². The molecule has 0 unspecified atom stereocenters. The molecule has 1 aliphatic heterocycles. The number of benzene rings is 2. The molecule has 4 rings (SSSR count). The molecule has 124 valence electrons. The smallest absolute Gasteiger partial charge is 0.310 e. The van der Waals surface area contributed by atoms with E-state index < -0.39 is 5.91 Å². The van der Waals surface area contributed by atoms with E-state index in [-0.39, 0.29) is 27.7 Å². The van der Waals surface area contributed by atoms with Gasteiger partial charge in [0.15, 0.2) is 0 Å². The summed E-state index contributed by atoms with van der Waals surface area (Å²) < 4.78 is 1.21. The van der Waals surface area contributed by atoms with E-state index in [9.17, 15) is 14.7 Å². The topological polar surface area (TPSA) is 71.7 Å². The van der Waals surface area contributed by atoms with Crippen molar-refractivity contribution in [3.63, 3.8) is 0 Å². The Kier molecular flexibility index (Phi) is 3.78. The van der Waals surface area contributed by atoms with E-state index in [2.05, 4.69) is 4.99 Å². The number of hydrogen-bond donors (Lipinski definition) is 1. The molecule has 1 aromatic heterocycles. The fourth-order valence-corrected chi connectivity index (χ4v) is 3.91. The average molecular weight is 371 g/mol.